The number of amides is 2. The SMILES string of the molecule is Cc1cc(F)c(NC(=O)Nc2nc3ccc(Cl)nc3s2)c(F)c1. The molecule has 0 saturated carbocycles. The minimum absolute atomic E-state index is 0.236. The summed E-state index contributed by atoms with van der Waals surface area (Å²) in [6.45, 7) is 1.55. The molecule has 0 atom stereocenters. The van der Waals surface area contributed by atoms with Gasteiger partial charge in [-0.2, -0.15) is 0 Å². The molecule has 23 heavy (non-hydrogen) atoms. The number of anilines is 2. The number of aryl methyl sites for hydroxylation is 1. The summed E-state index contributed by atoms with van der Waals surface area (Å²) in [5.41, 5.74) is 0.456. The summed E-state index contributed by atoms with van der Waals surface area (Å²) in [5.74, 6) is -1.70. The maximum absolute atomic E-state index is 13.7. The second-order valence-electron chi connectivity index (χ2n) is 4.66. The van der Waals surface area contributed by atoms with Crippen LogP contribution in [0.4, 0.5) is 24.4 Å². The summed E-state index contributed by atoms with van der Waals surface area (Å²) >= 11 is 6.87. The minimum Gasteiger partial charge on any atom is -0.302 e. The fourth-order valence-electron chi connectivity index (χ4n) is 1.91. The van der Waals surface area contributed by atoms with E-state index in [0.29, 0.717) is 21.1 Å². The van der Waals surface area contributed by atoms with Crippen molar-refractivity contribution in [1.82, 2.24) is 9.97 Å². The number of rotatable bonds is 2. The van der Waals surface area contributed by atoms with Gasteiger partial charge in [-0.15, -0.1) is 0 Å². The van der Waals surface area contributed by atoms with E-state index in [9.17, 15) is 13.6 Å². The molecule has 0 spiro atoms. The van der Waals surface area contributed by atoms with Crippen molar-refractivity contribution in [2.24, 2.45) is 0 Å². The van der Waals surface area contributed by atoms with Gasteiger partial charge in [0, 0.05) is 0 Å². The zero-order chi connectivity index (χ0) is 16.6. The van der Waals surface area contributed by atoms with E-state index in [2.05, 4.69) is 20.6 Å². The van der Waals surface area contributed by atoms with E-state index >= 15 is 0 Å². The average molecular weight is 355 g/mol. The van der Waals surface area contributed by atoms with Gasteiger partial charge in [-0.05, 0) is 36.8 Å². The molecule has 0 aliphatic carbocycles. The van der Waals surface area contributed by atoms with Crippen LogP contribution in [0.2, 0.25) is 5.15 Å². The monoisotopic (exact) mass is 354 g/mol. The van der Waals surface area contributed by atoms with Crippen molar-refractivity contribution in [2.75, 3.05) is 10.6 Å². The van der Waals surface area contributed by atoms with Crippen LogP contribution in [0.15, 0.2) is 24.3 Å². The molecule has 3 rings (SSSR count). The number of fused-ring (bicyclic) bond motifs is 1. The molecule has 2 heterocycles. The van der Waals surface area contributed by atoms with E-state index in [0.717, 1.165) is 23.5 Å². The molecule has 9 heteroatoms. The first-order chi connectivity index (χ1) is 10.9. The molecule has 2 N–H and O–H groups in total. The van der Waals surface area contributed by atoms with Crippen LogP contribution in [0, 0.1) is 18.6 Å². The highest BCUT2D eigenvalue weighted by Gasteiger charge is 2.15. The molecular weight excluding hydrogens is 346 g/mol. The number of carbonyl (C=O) groups excluding carboxylic acids is 1. The zero-order valence-corrected chi connectivity index (χ0v) is 13.2. The van der Waals surface area contributed by atoms with Crippen molar-refractivity contribution in [1.29, 1.82) is 0 Å². The zero-order valence-electron chi connectivity index (χ0n) is 11.7. The van der Waals surface area contributed by atoms with Crippen LogP contribution in [0.1, 0.15) is 5.56 Å². The molecule has 3 aromatic rings. The minimum atomic E-state index is -0.851. The summed E-state index contributed by atoms with van der Waals surface area (Å²) in [5, 5.41) is 5.08. The molecule has 0 saturated heterocycles. The molecule has 5 nitrogen and oxygen atoms in total. The highest BCUT2D eigenvalue weighted by Crippen LogP contribution is 2.26. The molecule has 0 bridgehead atoms. The Morgan fingerprint density at radius 2 is 1.87 bits per heavy atom. The summed E-state index contributed by atoms with van der Waals surface area (Å²) in [4.78, 5) is 20.6. The van der Waals surface area contributed by atoms with Gasteiger partial charge >= 0.3 is 6.03 Å². The van der Waals surface area contributed by atoms with E-state index in [-0.39, 0.29) is 5.13 Å². The van der Waals surface area contributed by atoms with Crippen LogP contribution in [0.5, 0.6) is 0 Å². The molecule has 0 radical (unpaired) electrons. The molecule has 0 fully saturated rings. The smallest absolute Gasteiger partial charge is 0.302 e. The molecule has 0 aliphatic rings. The lowest BCUT2D eigenvalue weighted by molar-refractivity contribution is 0.262. The van der Waals surface area contributed by atoms with E-state index in [4.69, 9.17) is 11.6 Å². The lowest BCUT2D eigenvalue weighted by Gasteiger charge is -2.08. The third-order valence-electron chi connectivity index (χ3n) is 2.87. The van der Waals surface area contributed by atoms with E-state index < -0.39 is 23.4 Å². The van der Waals surface area contributed by atoms with Crippen LogP contribution >= 0.6 is 22.9 Å². The van der Waals surface area contributed by atoms with E-state index in [1.54, 1.807) is 19.1 Å². The molecule has 0 aliphatic heterocycles. The number of halogens is 3. The standard InChI is InChI=1S/C14H9ClF2N4OS/c1-6-4-7(16)11(8(17)5-6)20-13(22)21-14-18-9-2-3-10(15)19-12(9)23-14/h2-5H,1H3,(H2,18,20,21,22). The van der Waals surface area contributed by atoms with Gasteiger partial charge in [0.15, 0.2) is 5.13 Å². The first-order valence-electron chi connectivity index (χ1n) is 6.39. The molecule has 0 unspecified atom stereocenters. The summed E-state index contributed by atoms with van der Waals surface area (Å²) < 4.78 is 27.4. The third kappa shape index (κ3) is 3.38. The van der Waals surface area contributed by atoms with Gasteiger partial charge in [0.1, 0.15) is 32.8 Å². The van der Waals surface area contributed by atoms with Crippen molar-refractivity contribution in [3.8, 4) is 0 Å². The first-order valence-corrected chi connectivity index (χ1v) is 7.58. The lowest BCUT2D eigenvalue weighted by Crippen LogP contribution is -2.21. The van der Waals surface area contributed by atoms with Gasteiger partial charge < -0.3 is 5.32 Å². The number of hydrogen-bond donors (Lipinski definition) is 2. The van der Waals surface area contributed by atoms with Crippen LogP contribution in [-0.4, -0.2) is 16.0 Å². The maximum atomic E-state index is 13.7. The van der Waals surface area contributed by atoms with Gasteiger partial charge in [0.2, 0.25) is 0 Å². The molecule has 2 aromatic heterocycles. The fraction of sp³-hybridized carbons (Fsp3) is 0.0714. The number of nitrogens with zero attached hydrogens (tertiary/aromatic N) is 2. The van der Waals surface area contributed by atoms with Crippen LogP contribution in [0.25, 0.3) is 10.3 Å². The number of hydrogen-bond acceptors (Lipinski definition) is 4. The number of urea groups is 1. The largest absolute Gasteiger partial charge is 0.325 e. The number of nitrogens with one attached hydrogen (secondary N) is 2. The number of carbonyl (C=O) groups is 1. The van der Waals surface area contributed by atoms with Crippen LogP contribution < -0.4 is 10.6 Å². The molecule has 2 amide bonds. The van der Waals surface area contributed by atoms with Crippen molar-refractivity contribution >= 4 is 50.1 Å². The molecule has 1 aromatic carbocycles. The van der Waals surface area contributed by atoms with Crippen LogP contribution in [0.3, 0.4) is 0 Å². The summed E-state index contributed by atoms with van der Waals surface area (Å²) in [7, 11) is 0. The normalized spacial score (nSPS) is 10.8. The topological polar surface area (TPSA) is 66.9 Å². The number of aromatic nitrogens is 2. The van der Waals surface area contributed by atoms with Gasteiger partial charge in [-0.3, -0.25) is 5.32 Å². The Morgan fingerprint density at radius 3 is 2.57 bits per heavy atom. The second-order valence-corrected chi connectivity index (χ2v) is 6.02. The Bertz CT molecular complexity index is 892. The predicted octanol–water partition coefficient (Wildman–Crippen LogP) is 4.58. The Labute approximate surface area is 138 Å². The van der Waals surface area contributed by atoms with Gasteiger partial charge in [-0.1, -0.05) is 22.9 Å². The molecular formula is C14H9ClF2N4OS. The van der Waals surface area contributed by atoms with Crippen molar-refractivity contribution in [3.63, 3.8) is 0 Å². The van der Waals surface area contributed by atoms with Gasteiger partial charge in [0.25, 0.3) is 0 Å². The second kappa shape index (κ2) is 6.05. The average Bonchev–Trinajstić information content (AvgIpc) is 2.84. The number of thiazole rings is 1. The van der Waals surface area contributed by atoms with Gasteiger partial charge in [-0.25, -0.2) is 23.5 Å². The summed E-state index contributed by atoms with van der Waals surface area (Å²) in [6, 6.07) is 4.68. The lowest BCUT2D eigenvalue weighted by atomic mass is 10.2. The predicted molar refractivity (Wildman–Crippen MR) is 86.2 cm³/mol. The maximum Gasteiger partial charge on any atom is 0.325 e. The quantitative estimate of drug-likeness (QED) is 0.662. The Morgan fingerprint density at radius 1 is 1.17 bits per heavy atom. The molecule has 118 valence electrons. The summed E-state index contributed by atoms with van der Waals surface area (Å²) in [6.07, 6.45) is 0. The highest BCUT2D eigenvalue weighted by atomic mass is 35.5. The number of benzene rings is 1. The Balaban J connectivity index is 1.78. The van der Waals surface area contributed by atoms with Crippen LogP contribution in [-0.2, 0) is 0 Å². The third-order valence-corrected chi connectivity index (χ3v) is 3.96. The first kappa shape index (κ1) is 15.6. The van der Waals surface area contributed by atoms with Crippen molar-refractivity contribution in [2.45, 2.75) is 6.92 Å². The fourth-order valence-corrected chi connectivity index (χ4v) is 2.94. The van der Waals surface area contributed by atoms with Gasteiger partial charge in [0.05, 0.1) is 0 Å². The Kier molecular flexibility index (Phi) is 4.10. The Hall–Kier alpha value is -2.32. The van der Waals surface area contributed by atoms with Crippen molar-refractivity contribution < 1.29 is 13.6 Å². The number of pyridine rings is 1. The van der Waals surface area contributed by atoms with E-state index in [1.807, 2.05) is 0 Å². The van der Waals surface area contributed by atoms with Crippen molar-refractivity contribution in [3.05, 3.63) is 46.6 Å². The van der Waals surface area contributed by atoms with E-state index in [1.165, 1.54) is 0 Å². The highest BCUT2D eigenvalue weighted by molar-refractivity contribution is 7.22.